The van der Waals surface area contributed by atoms with E-state index in [1.54, 1.807) is 23.7 Å². The normalized spacial score (nSPS) is 18.7. The van der Waals surface area contributed by atoms with Crippen LogP contribution in [0.25, 0.3) is 0 Å². The van der Waals surface area contributed by atoms with Crippen molar-refractivity contribution in [1.82, 2.24) is 19.9 Å². The molecule has 0 saturated carbocycles. The number of carbonyl (C=O) groups excluding carboxylic acids is 1. The molecular weight excluding hydrogens is 312 g/mol. The van der Waals surface area contributed by atoms with E-state index in [1.165, 1.54) is 0 Å². The molecule has 7 nitrogen and oxygen atoms in total. The number of nitrogens with zero attached hydrogens (tertiary/aromatic N) is 4. The highest BCUT2D eigenvalue weighted by molar-refractivity contribution is 7.15. The van der Waals surface area contributed by atoms with Crippen LogP contribution in [0.4, 0.5) is 10.9 Å². The van der Waals surface area contributed by atoms with Crippen LogP contribution >= 0.6 is 11.3 Å². The fourth-order valence-corrected chi connectivity index (χ4v) is 3.56. The first kappa shape index (κ1) is 15.8. The summed E-state index contributed by atoms with van der Waals surface area (Å²) in [7, 11) is 0. The van der Waals surface area contributed by atoms with Crippen LogP contribution in [0.1, 0.15) is 29.3 Å². The Morgan fingerprint density at radius 2 is 2.26 bits per heavy atom. The quantitative estimate of drug-likeness (QED) is 0.864. The van der Waals surface area contributed by atoms with Crippen molar-refractivity contribution >= 4 is 28.2 Å². The molecule has 0 radical (unpaired) electrons. The first-order valence-corrected chi connectivity index (χ1v) is 8.44. The van der Waals surface area contributed by atoms with Crippen molar-refractivity contribution in [3.8, 4) is 0 Å². The lowest BCUT2D eigenvalue weighted by atomic mass is 9.94. The highest BCUT2D eigenvalue weighted by Gasteiger charge is 2.26. The summed E-state index contributed by atoms with van der Waals surface area (Å²) in [5.74, 6) is 0.689. The fraction of sp³-hybridized carbons (Fsp3) is 0.467. The van der Waals surface area contributed by atoms with Crippen molar-refractivity contribution in [2.24, 2.45) is 5.73 Å². The average Bonchev–Trinajstić information content (AvgIpc) is 2.92. The molecule has 0 bridgehead atoms. The van der Waals surface area contributed by atoms with Crippen LogP contribution in [-0.4, -0.2) is 45.4 Å². The van der Waals surface area contributed by atoms with E-state index >= 15 is 0 Å². The third-order valence-electron chi connectivity index (χ3n) is 3.84. The molecule has 1 fully saturated rings. The Labute approximate surface area is 139 Å². The van der Waals surface area contributed by atoms with Crippen molar-refractivity contribution in [2.45, 2.75) is 25.7 Å². The number of primary amides is 1. The predicted octanol–water partition coefficient (Wildman–Crippen LogP) is 1.65. The van der Waals surface area contributed by atoms with E-state index in [-0.39, 0.29) is 11.8 Å². The van der Waals surface area contributed by atoms with Gasteiger partial charge in [-0.3, -0.25) is 14.7 Å². The number of nitrogens with one attached hydrogen (secondary N) is 1. The van der Waals surface area contributed by atoms with E-state index in [4.69, 9.17) is 5.73 Å². The standard InChI is InChI=1S/C15H20N6OS/c1-10-7-19-15(23-10)20-14-13(17-4-5-18-14)11-3-2-6-21(8-11)9-12(16)22/h4-5,7,11H,2-3,6,8-9H2,1H3,(H2,16,22)(H,18,19,20). The molecule has 3 rings (SSSR count). The number of aryl methyl sites for hydroxylation is 1. The van der Waals surface area contributed by atoms with Gasteiger partial charge in [0.2, 0.25) is 5.91 Å². The van der Waals surface area contributed by atoms with Gasteiger partial charge in [-0.05, 0) is 26.3 Å². The molecular formula is C15H20N6OS. The van der Waals surface area contributed by atoms with E-state index in [1.807, 2.05) is 13.1 Å². The van der Waals surface area contributed by atoms with Gasteiger partial charge in [-0.15, -0.1) is 11.3 Å². The van der Waals surface area contributed by atoms with Crippen molar-refractivity contribution in [2.75, 3.05) is 25.0 Å². The minimum atomic E-state index is -0.290. The molecule has 0 aliphatic carbocycles. The topological polar surface area (TPSA) is 97.0 Å². The molecule has 2 aromatic heterocycles. The zero-order chi connectivity index (χ0) is 16.2. The van der Waals surface area contributed by atoms with Gasteiger partial charge in [-0.1, -0.05) is 0 Å². The zero-order valence-electron chi connectivity index (χ0n) is 13.0. The molecule has 2 aromatic rings. The van der Waals surface area contributed by atoms with Crippen molar-refractivity contribution in [1.29, 1.82) is 0 Å². The zero-order valence-corrected chi connectivity index (χ0v) is 13.8. The van der Waals surface area contributed by atoms with Gasteiger partial charge in [0.15, 0.2) is 10.9 Å². The minimum absolute atomic E-state index is 0.236. The number of hydrogen-bond acceptors (Lipinski definition) is 7. The predicted molar refractivity (Wildman–Crippen MR) is 89.8 cm³/mol. The summed E-state index contributed by atoms with van der Waals surface area (Å²) in [4.78, 5) is 27.7. The first-order valence-electron chi connectivity index (χ1n) is 7.63. The van der Waals surface area contributed by atoms with E-state index < -0.39 is 0 Å². The second-order valence-electron chi connectivity index (χ2n) is 5.73. The molecule has 0 spiro atoms. The van der Waals surface area contributed by atoms with Crippen molar-refractivity contribution in [3.63, 3.8) is 0 Å². The summed E-state index contributed by atoms with van der Waals surface area (Å²) in [6.07, 6.45) is 7.26. The number of piperidine rings is 1. The summed E-state index contributed by atoms with van der Waals surface area (Å²) in [6.45, 7) is 3.98. The fourth-order valence-electron chi connectivity index (χ4n) is 2.90. The lowest BCUT2D eigenvalue weighted by molar-refractivity contribution is -0.119. The monoisotopic (exact) mass is 332 g/mol. The number of likely N-dealkylation sites (tertiary alicyclic amines) is 1. The van der Waals surface area contributed by atoms with Gasteiger partial charge in [-0.25, -0.2) is 9.97 Å². The molecule has 1 saturated heterocycles. The summed E-state index contributed by atoms with van der Waals surface area (Å²) in [5, 5.41) is 4.08. The highest BCUT2D eigenvalue weighted by atomic mass is 32.1. The van der Waals surface area contributed by atoms with Gasteiger partial charge < -0.3 is 11.1 Å². The van der Waals surface area contributed by atoms with Gasteiger partial charge in [0.25, 0.3) is 0 Å². The van der Waals surface area contributed by atoms with Gasteiger partial charge in [0.05, 0.1) is 12.2 Å². The van der Waals surface area contributed by atoms with E-state index in [9.17, 15) is 4.79 Å². The van der Waals surface area contributed by atoms with Crippen LogP contribution < -0.4 is 11.1 Å². The van der Waals surface area contributed by atoms with Gasteiger partial charge in [0, 0.05) is 35.9 Å². The van der Waals surface area contributed by atoms with E-state index in [0.717, 1.165) is 47.5 Å². The van der Waals surface area contributed by atoms with Crippen molar-refractivity contribution in [3.05, 3.63) is 29.2 Å². The number of thiazole rings is 1. The molecule has 1 atom stereocenters. The molecule has 1 aliphatic heterocycles. The molecule has 0 aromatic carbocycles. The van der Waals surface area contributed by atoms with Gasteiger partial charge in [-0.2, -0.15) is 0 Å². The number of carbonyl (C=O) groups is 1. The van der Waals surface area contributed by atoms with Crippen LogP contribution in [0.2, 0.25) is 0 Å². The average molecular weight is 332 g/mol. The lowest BCUT2D eigenvalue weighted by Crippen LogP contribution is -2.40. The third kappa shape index (κ3) is 4.02. The van der Waals surface area contributed by atoms with Crippen LogP contribution in [0, 0.1) is 6.92 Å². The molecule has 1 aliphatic rings. The molecule has 1 amide bonds. The summed E-state index contributed by atoms with van der Waals surface area (Å²) < 4.78 is 0. The molecule has 122 valence electrons. The van der Waals surface area contributed by atoms with Crippen LogP contribution in [0.5, 0.6) is 0 Å². The Balaban J connectivity index is 1.78. The Morgan fingerprint density at radius 1 is 1.43 bits per heavy atom. The number of aromatic nitrogens is 3. The number of amides is 1. The van der Waals surface area contributed by atoms with Crippen LogP contribution in [-0.2, 0) is 4.79 Å². The van der Waals surface area contributed by atoms with Crippen LogP contribution in [0.15, 0.2) is 18.6 Å². The first-order chi connectivity index (χ1) is 11.1. The van der Waals surface area contributed by atoms with E-state index in [2.05, 4.69) is 25.2 Å². The smallest absolute Gasteiger partial charge is 0.231 e. The molecule has 1 unspecified atom stereocenters. The Morgan fingerprint density at radius 3 is 3.00 bits per heavy atom. The second kappa shape index (κ2) is 7.01. The van der Waals surface area contributed by atoms with Gasteiger partial charge >= 0.3 is 0 Å². The largest absolute Gasteiger partial charge is 0.369 e. The maximum Gasteiger partial charge on any atom is 0.231 e. The maximum atomic E-state index is 11.2. The number of rotatable bonds is 5. The van der Waals surface area contributed by atoms with Crippen molar-refractivity contribution < 1.29 is 4.79 Å². The maximum absolute atomic E-state index is 11.2. The summed E-state index contributed by atoms with van der Waals surface area (Å²) in [5.41, 5.74) is 6.24. The Bertz CT molecular complexity index is 688. The Hall–Kier alpha value is -2.06. The minimum Gasteiger partial charge on any atom is -0.369 e. The number of hydrogen-bond donors (Lipinski definition) is 2. The number of nitrogens with two attached hydrogens (primary N) is 1. The Kier molecular flexibility index (Phi) is 4.82. The lowest BCUT2D eigenvalue weighted by Gasteiger charge is -2.31. The van der Waals surface area contributed by atoms with Gasteiger partial charge in [0.1, 0.15) is 0 Å². The summed E-state index contributed by atoms with van der Waals surface area (Å²) >= 11 is 1.59. The molecule has 8 heteroatoms. The SMILES string of the molecule is Cc1cnc(Nc2nccnc2C2CCCN(CC(N)=O)C2)s1. The molecule has 23 heavy (non-hydrogen) atoms. The molecule has 3 heterocycles. The second-order valence-corrected chi connectivity index (χ2v) is 6.97. The number of anilines is 2. The highest BCUT2D eigenvalue weighted by Crippen LogP contribution is 2.31. The van der Waals surface area contributed by atoms with E-state index in [0.29, 0.717) is 6.54 Å². The summed E-state index contributed by atoms with van der Waals surface area (Å²) in [6, 6.07) is 0. The van der Waals surface area contributed by atoms with Crippen LogP contribution in [0.3, 0.4) is 0 Å². The third-order valence-corrected chi connectivity index (χ3v) is 4.67. The molecule has 3 N–H and O–H groups in total.